The van der Waals surface area contributed by atoms with Crippen molar-refractivity contribution in [2.24, 2.45) is 0 Å². The fourth-order valence-corrected chi connectivity index (χ4v) is 2.22. The second-order valence-corrected chi connectivity index (χ2v) is 4.60. The second-order valence-electron chi connectivity index (χ2n) is 3.50. The number of halogens is 1. The first-order valence-corrected chi connectivity index (χ1v) is 5.55. The van der Waals surface area contributed by atoms with Crippen molar-refractivity contribution in [2.75, 3.05) is 5.73 Å². The van der Waals surface area contributed by atoms with Crippen molar-refractivity contribution in [3.05, 3.63) is 46.2 Å². The molecule has 1 heterocycles. The number of benzene rings is 1. The Morgan fingerprint density at radius 1 is 1.50 bits per heavy atom. The molecule has 5 heteroatoms. The van der Waals surface area contributed by atoms with Crippen molar-refractivity contribution >= 4 is 16.5 Å². The van der Waals surface area contributed by atoms with Crippen LogP contribution in [0.2, 0.25) is 0 Å². The highest BCUT2D eigenvalue weighted by Crippen LogP contribution is 2.29. The molecule has 0 fully saturated rings. The normalized spacial score (nSPS) is 12.7. The van der Waals surface area contributed by atoms with Crippen molar-refractivity contribution in [2.45, 2.75) is 13.0 Å². The molecule has 1 unspecified atom stereocenters. The molecule has 0 spiro atoms. The number of nitrogens with zero attached hydrogens (tertiary/aromatic N) is 1. The predicted molar refractivity (Wildman–Crippen MR) is 61.7 cm³/mol. The Hall–Kier alpha value is -1.46. The number of nitrogen functional groups attached to an aromatic ring is 1. The lowest BCUT2D eigenvalue weighted by Crippen LogP contribution is -2.00. The molecule has 3 N–H and O–H groups in total. The first-order chi connectivity index (χ1) is 7.58. The van der Waals surface area contributed by atoms with Crippen LogP contribution in [-0.2, 0) is 0 Å². The molecule has 16 heavy (non-hydrogen) atoms. The second kappa shape index (κ2) is 4.19. The SMILES string of the molecule is Cc1cc(F)ccc1C(O)c1cnc(N)s1. The molecular formula is C11H11FN2OS. The Labute approximate surface area is 96.4 Å². The van der Waals surface area contributed by atoms with Crippen LogP contribution in [0.15, 0.2) is 24.4 Å². The maximum Gasteiger partial charge on any atom is 0.180 e. The van der Waals surface area contributed by atoms with E-state index in [0.717, 1.165) is 0 Å². The van der Waals surface area contributed by atoms with Crippen LogP contribution < -0.4 is 5.73 Å². The number of anilines is 1. The molecule has 0 saturated heterocycles. The molecule has 1 atom stereocenters. The molecule has 2 aromatic rings. The van der Waals surface area contributed by atoms with Crippen LogP contribution in [-0.4, -0.2) is 10.1 Å². The van der Waals surface area contributed by atoms with E-state index in [2.05, 4.69) is 4.98 Å². The quantitative estimate of drug-likeness (QED) is 0.843. The van der Waals surface area contributed by atoms with Crippen LogP contribution in [0.25, 0.3) is 0 Å². The van der Waals surface area contributed by atoms with Gasteiger partial charge in [-0.1, -0.05) is 17.4 Å². The number of aliphatic hydroxyl groups excluding tert-OH is 1. The van der Waals surface area contributed by atoms with Gasteiger partial charge in [0.05, 0.1) is 4.88 Å². The summed E-state index contributed by atoms with van der Waals surface area (Å²) in [5.41, 5.74) is 6.87. The summed E-state index contributed by atoms with van der Waals surface area (Å²) in [4.78, 5) is 4.53. The van der Waals surface area contributed by atoms with Gasteiger partial charge in [-0.2, -0.15) is 0 Å². The lowest BCUT2D eigenvalue weighted by molar-refractivity contribution is 0.223. The summed E-state index contributed by atoms with van der Waals surface area (Å²) in [6.07, 6.45) is 0.739. The Kier molecular flexibility index (Phi) is 2.89. The van der Waals surface area contributed by atoms with Crippen molar-refractivity contribution < 1.29 is 9.50 Å². The average molecular weight is 238 g/mol. The predicted octanol–water partition coefficient (Wildman–Crippen LogP) is 2.25. The molecule has 0 radical (unpaired) electrons. The standard InChI is InChI=1S/C11H11FN2OS/c1-6-4-7(12)2-3-8(6)10(15)9-5-14-11(13)16-9/h2-5,10,15H,1H3,(H2,13,14). The third kappa shape index (κ3) is 2.05. The highest BCUT2D eigenvalue weighted by molar-refractivity contribution is 7.15. The van der Waals surface area contributed by atoms with E-state index < -0.39 is 6.10 Å². The zero-order valence-electron chi connectivity index (χ0n) is 8.64. The number of thiazole rings is 1. The van der Waals surface area contributed by atoms with Crippen LogP contribution in [0.5, 0.6) is 0 Å². The van der Waals surface area contributed by atoms with Crippen LogP contribution in [0.4, 0.5) is 9.52 Å². The molecule has 3 nitrogen and oxygen atoms in total. The lowest BCUT2D eigenvalue weighted by Gasteiger charge is -2.11. The van der Waals surface area contributed by atoms with Gasteiger partial charge in [-0.25, -0.2) is 9.37 Å². The third-order valence-corrected chi connectivity index (χ3v) is 3.22. The zero-order chi connectivity index (χ0) is 11.7. The topological polar surface area (TPSA) is 59.1 Å². The van der Waals surface area contributed by atoms with Gasteiger partial charge in [0.1, 0.15) is 11.9 Å². The van der Waals surface area contributed by atoms with E-state index in [1.54, 1.807) is 13.0 Å². The lowest BCUT2D eigenvalue weighted by atomic mass is 10.0. The molecule has 1 aromatic carbocycles. The van der Waals surface area contributed by atoms with E-state index >= 15 is 0 Å². The first-order valence-electron chi connectivity index (χ1n) is 4.73. The number of aromatic nitrogens is 1. The van der Waals surface area contributed by atoms with Crippen LogP contribution in [0.3, 0.4) is 0 Å². The molecule has 0 amide bonds. The van der Waals surface area contributed by atoms with Gasteiger partial charge in [0.25, 0.3) is 0 Å². The van der Waals surface area contributed by atoms with Crippen LogP contribution in [0.1, 0.15) is 22.1 Å². The van der Waals surface area contributed by atoms with E-state index in [1.165, 1.54) is 29.7 Å². The van der Waals surface area contributed by atoms with Gasteiger partial charge in [-0.3, -0.25) is 0 Å². The van der Waals surface area contributed by atoms with Gasteiger partial charge >= 0.3 is 0 Å². The van der Waals surface area contributed by atoms with Crippen molar-refractivity contribution in [3.8, 4) is 0 Å². The van der Waals surface area contributed by atoms with Crippen LogP contribution in [0, 0.1) is 12.7 Å². The maximum absolute atomic E-state index is 12.9. The Morgan fingerprint density at radius 3 is 2.81 bits per heavy atom. The molecule has 1 aromatic heterocycles. The van der Waals surface area contributed by atoms with Gasteiger partial charge in [0.2, 0.25) is 0 Å². The number of rotatable bonds is 2. The summed E-state index contributed by atoms with van der Waals surface area (Å²) in [6.45, 7) is 1.76. The van der Waals surface area contributed by atoms with E-state index in [9.17, 15) is 9.50 Å². The zero-order valence-corrected chi connectivity index (χ0v) is 9.46. The molecule has 0 bridgehead atoms. The summed E-state index contributed by atoms with van der Waals surface area (Å²) in [5.74, 6) is -0.308. The maximum atomic E-state index is 12.9. The Morgan fingerprint density at radius 2 is 2.25 bits per heavy atom. The Balaban J connectivity index is 2.37. The summed E-state index contributed by atoms with van der Waals surface area (Å²) >= 11 is 1.23. The number of hydrogen-bond donors (Lipinski definition) is 2. The van der Waals surface area contributed by atoms with Gasteiger partial charge in [-0.15, -0.1) is 0 Å². The summed E-state index contributed by atoms with van der Waals surface area (Å²) in [6, 6.07) is 4.30. The van der Waals surface area contributed by atoms with Crippen molar-refractivity contribution in [1.29, 1.82) is 0 Å². The average Bonchev–Trinajstić information content (AvgIpc) is 2.64. The van der Waals surface area contributed by atoms with Gasteiger partial charge in [0.15, 0.2) is 5.13 Å². The largest absolute Gasteiger partial charge is 0.383 e. The molecule has 0 aliphatic heterocycles. The number of aryl methyl sites for hydroxylation is 1. The highest BCUT2D eigenvalue weighted by Gasteiger charge is 2.15. The van der Waals surface area contributed by atoms with E-state index in [0.29, 0.717) is 21.1 Å². The third-order valence-electron chi connectivity index (χ3n) is 2.34. The smallest absolute Gasteiger partial charge is 0.180 e. The monoisotopic (exact) mass is 238 g/mol. The molecule has 0 aliphatic rings. The minimum atomic E-state index is -0.796. The number of hydrogen-bond acceptors (Lipinski definition) is 4. The van der Waals surface area contributed by atoms with Gasteiger partial charge in [0, 0.05) is 6.20 Å². The fourth-order valence-electron chi connectivity index (χ4n) is 1.53. The molecule has 2 rings (SSSR count). The molecule has 0 saturated carbocycles. The summed E-state index contributed by atoms with van der Waals surface area (Å²) in [7, 11) is 0. The van der Waals surface area contributed by atoms with E-state index in [4.69, 9.17) is 5.73 Å². The summed E-state index contributed by atoms with van der Waals surface area (Å²) < 4.78 is 12.9. The Bertz CT molecular complexity index is 512. The minimum Gasteiger partial charge on any atom is -0.383 e. The van der Waals surface area contributed by atoms with Gasteiger partial charge in [-0.05, 0) is 30.2 Å². The first kappa shape index (κ1) is 11.0. The summed E-state index contributed by atoms with van der Waals surface area (Å²) in [5, 5.41) is 10.5. The van der Waals surface area contributed by atoms with E-state index in [-0.39, 0.29) is 5.82 Å². The number of aliphatic hydroxyl groups is 1. The number of nitrogens with two attached hydrogens (primary N) is 1. The van der Waals surface area contributed by atoms with Crippen molar-refractivity contribution in [3.63, 3.8) is 0 Å². The molecule has 84 valence electrons. The van der Waals surface area contributed by atoms with Crippen molar-refractivity contribution in [1.82, 2.24) is 4.98 Å². The minimum absolute atomic E-state index is 0.308. The van der Waals surface area contributed by atoms with Gasteiger partial charge < -0.3 is 10.8 Å². The molecular weight excluding hydrogens is 227 g/mol. The highest BCUT2D eigenvalue weighted by atomic mass is 32.1. The van der Waals surface area contributed by atoms with Crippen LogP contribution >= 0.6 is 11.3 Å². The molecule has 0 aliphatic carbocycles. The van der Waals surface area contributed by atoms with E-state index in [1.807, 2.05) is 0 Å². The fraction of sp³-hybridized carbons (Fsp3) is 0.182.